The number of benzene rings is 3. The SMILES string of the molecule is Nc1cccc([S+](O)(O)=C2C=CC(=Nc3nc4ccccc4nc3NS(=O)(=O)c3ccc(Cl)cc3)C=C2)c1. The minimum Gasteiger partial charge on any atom is -0.399 e. The molecule has 4 aromatic rings. The van der Waals surface area contributed by atoms with E-state index in [4.69, 9.17) is 17.3 Å². The van der Waals surface area contributed by atoms with Gasteiger partial charge in [0.05, 0.1) is 21.6 Å². The molecule has 0 unspecified atom stereocenters. The fourth-order valence-corrected chi connectivity index (χ4v) is 6.08. The summed E-state index contributed by atoms with van der Waals surface area (Å²) >= 11 is 5.90. The van der Waals surface area contributed by atoms with Crippen molar-refractivity contribution in [2.45, 2.75) is 9.79 Å². The number of fused-ring (bicyclic) bond motifs is 1. The van der Waals surface area contributed by atoms with E-state index in [0.717, 1.165) is 0 Å². The van der Waals surface area contributed by atoms with Crippen LogP contribution in [0.5, 0.6) is 0 Å². The maximum Gasteiger partial charge on any atom is 0.263 e. The number of aromatic nitrogens is 2. The third kappa shape index (κ3) is 5.37. The van der Waals surface area contributed by atoms with Crippen LogP contribution in [0.15, 0.2) is 112 Å². The number of rotatable bonds is 5. The molecule has 38 heavy (non-hydrogen) atoms. The first-order chi connectivity index (χ1) is 18.1. The Hall–Kier alpha value is -3.87. The van der Waals surface area contributed by atoms with Crippen LogP contribution in [0, 0.1) is 0 Å². The topological polar surface area (TPSA) is 151 Å². The average molecular weight is 567 g/mol. The van der Waals surface area contributed by atoms with Crippen molar-refractivity contribution in [1.29, 1.82) is 0 Å². The number of para-hydroxylation sites is 2. The first-order valence-corrected chi connectivity index (χ1v) is 14.5. The standard InChI is InChI=1S/C26H21ClN5O4S2/c27-17-8-12-21(13-9-17)38(35,36)32-26-25(30-23-6-1-2-7-24(23)31-26)29-19-10-14-20(15-11-19)37(33,34)22-5-3-4-18(28)16-22/h1-16,33-34H,28H2,(H,31,32)/q+1. The number of halogens is 1. The molecule has 9 nitrogen and oxygen atoms in total. The van der Waals surface area contributed by atoms with Crippen LogP contribution < -0.4 is 10.5 Å². The van der Waals surface area contributed by atoms with E-state index in [9.17, 15) is 17.5 Å². The van der Waals surface area contributed by atoms with Crippen LogP contribution in [0.4, 0.5) is 17.3 Å². The van der Waals surface area contributed by atoms with E-state index in [2.05, 4.69) is 19.7 Å². The number of sulfonamides is 1. The van der Waals surface area contributed by atoms with Gasteiger partial charge in [0, 0.05) is 16.8 Å². The van der Waals surface area contributed by atoms with Crippen molar-refractivity contribution in [3.8, 4) is 0 Å². The summed E-state index contributed by atoms with van der Waals surface area (Å²) in [4.78, 5) is 14.0. The van der Waals surface area contributed by atoms with Gasteiger partial charge in [-0.2, -0.15) is 9.11 Å². The van der Waals surface area contributed by atoms with Crippen LogP contribution in [-0.4, -0.2) is 38.1 Å². The number of nitrogens with two attached hydrogens (primary N) is 1. The van der Waals surface area contributed by atoms with Gasteiger partial charge in [-0.05, 0) is 72.8 Å². The Morgan fingerprint density at radius 2 is 1.53 bits per heavy atom. The van der Waals surface area contributed by atoms with E-state index in [1.54, 1.807) is 54.6 Å². The number of nitrogen functional groups attached to an aromatic ring is 1. The van der Waals surface area contributed by atoms with Gasteiger partial charge in [0.1, 0.15) is 0 Å². The Morgan fingerprint density at radius 1 is 0.868 bits per heavy atom. The molecule has 0 saturated carbocycles. The van der Waals surface area contributed by atoms with Gasteiger partial charge < -0.3 is 5.73 Å². The van der Waals surface area contributed by atoms with E-state index in [1.165, 1.54) is 42.5 Å². The van der Waals surface area contributed by atoms with E-state index in [1.807, 2.05) is 0 Å². The predicted molar refractivity (Wildman–Crippen MR) is 154 cm³/mol. The van der Waals surface area contributed by atoms with Crippen LogP contribution in [0.2, 0.25) is 5.02 Å². The molecule has 0 atom stereocenters. The fourth-order valence-electron chi connectivity index (χ4n) is 3.60. The lowest BCUT2D eigenvalue weighted by Crippen LogP contribution is -2.20. The smallest absolute Gasteiger partial charge is 0.263 e. The summed E-state index contributed by atoms with van der Waals surface area (Å²) in [6, 6.07) is 19.1. The van der Waals surface area contributed by atoms with Crippen molar-refractivity contribution in [1.82, 2.24) is 9.97 Å². The zero-order valence-corrected chi connectivity index (χ0v) is 22.0. The zero-order chi connectivity index (χ0) is 26.9. The van der Waals surface area contributed by atoms with Gasteiger partial charge >= 0.3 is 0 Å². The summed E-state index contributed by atoms with van der Waals surface area (Å²) in [5.41, 5.74) is 7.60. The molecule has 192 valence electrons. The third-order valence-corrected chi connectivity index (χ3v) is 8.94. The molecule has 0 saturated heterocycles. The Kier molecular flexibility index (Phi) is 6.86. The van der Waals surface area contributed by atoms with Gasteiger partial charge in [-0.3, -0.25) is 4.72 Å². The minimum atomic E-state index is -4.02. The minimum absolute atomic E-state index is 0.00100. The van der Waals surface area contributed by atoms with Crippen molar-refractivity contribution < 1.29 is 17.5 Å². The van der Waals surface area contributed by atoms with Crippen LogP contribution in [-0.2, 0) is 20.2 Å². The molecule has 12 heteroatoms. The molecule has 1 aromatic heterocycles. The second-order valence-corrected chi connectivity index (χ2v) is 12.3. The highest BCUT2D eigenvalue weighted by Gasteiger charge is 2.27. The molecule has 5 N–H and O–H groups in total. The van der Waals surface area contributed by atoms with Gasteiger partial charge in [-0.1, -0.05) is 29.8 Å². The monoisotopic (exact) mass is 566 g/mol. The molecule has 0 amide bonds. The molecule has 5 rings (SSSR count). The molecule has 0 radical (unpaired) electrons. The molecule has 1 aliphatic rings. The van der Waals surface area contributed by atoms with E-state index < -0.39 is 20.2 Å². The van der Waals surface area contributed by atoms with Gasteiger partial charge in [0.25, 0.3) is 10.0 Å². The summed E-state index contributed by atoms with van der Waals surface area (Å²) in [6.07, 6.45) is 6.21. The van der Waals surface area contributed by atoms with Gasteiger partial charge in [0.15, 0.2) is 31.6 Å². The van der Waals surface area contributed by atoms with Crippen LogP contribution in [0.25, 0.3) is 11.0 Å². The number of allylic oxidation sites excluding steroid dienone is 4. The van der Waals surface area contributed by atoms with E-state index >= 15 is 0 Å². The van der Waals surface area contributed by atoms with Crippen LogP contribution >= 0.6 is 11.6 Å². The van der Waals surface area contributed by atoms with Gasteiger partial charge in [-0.15, -0.1) is 0 Å². The lowest BCUT2D eigenvalue weighted by molar-refractivity contribution is 0.499. The molecule has 1 aliphatic carbocycles. The summed E-state index contributed by atoms with van der Waals surface area (Å²) < 4.78 is 50.2. The highest BCUT2D eigenvalue weighted by molar-refractivity contribution is 8.04. The lowest BCUT2D eigenvalue weighted by Gasteiger charge is -2.12. The molecule has 3 aromatic carbocycles. The quantitative estimate of drug-likeness (QED) is 0.147. The summed E-state index contributed by atoms with van der Waals surface area (Å²) in [5, 5.41) is 0.404. The largest absolute Gasteiger partial charge is 0.399 e. The molecule has 0 aliphatic heterocycles. The molecule has 0 spiro atoms. The average Bonchev–Trinajstić information content (AvgIpc) is 2.89. The van der Waals surface area contributed by atoms with Gasteiger partial charge in [-0.25, -0.2) is 23.4 Å². The molecule has 0 bridgehead atoms. The van der Waals surface area contributed by atoms with E-state index in [-0.39, 0.29) is 21.4 Å². The Balaban J connectivity index is 1.54. The summed E-state index contributed by atoms with van der Waals surface area (Å²) in [6.45, 7) is 0. The maximum absolute atomic E-state index is 13.0. The number of nitrogens with zero attached hydrogens (tertiary/aromatic N) is 3. The maximum atomic E-state index is 13.0. The predicted octanol–water partition coefficient (Wildman–Crippen LogP) is 5.20. The normalized spacial score (nSPS) is 13.7. The second-order valence-electron chi connectivity index (χ2n) is 8.17. The molecule has 1 heterocycles. The summed E-state index contributed by atoms with van der Waals surface area (Å²) in [7, 11) is -7.31. The van der Waals surface area contributed by atoms with Crippen molar-refractivity contribution in [3.05, 3.63) is 102 Å². The Morgan fingerprint density at radius 3 is 2.18 bits per heavy atom. The third-order valence-electron chi connectivity index (χ3n) is 5.49. The lowest BCUT2D eigenvalue weighted by atomic mass is 10.2. The first-order valence-electron chi connectivity index (χ1n) is 11.1. The first kappa shape index (κ1) is 25.8. The highest BCUT2D eigenvalue weighted by atomic mass is 35.5. The van der Waals surface area contributed by atoms with Crippen LogP contribution in [0.3, 0.4) is 0 Å². The number of hydrogen-bond acceptors (Lipinski definition) is 8. The number of aliphatic imine (C=N–C) groups is 1. The molecular weight excluding hydrogens is 546 g/mol. The fraction of sp³-hybridized carbons (Fsp3) is 0. The highest BCUT2D eigenvalue weighted by Crippen LogP contribution is 2.28. The van der Waals surface area contributed by atoms with Gasteiger partial charge in [0.2, 0.25) is 0 Å². The second kappa shape index (κ2) is 10.1. The van der Waals surface area contributed by atoms with Crippen molar-refractivity contribution in [2.75, 3.05) is 10.5 Å². The van der Waals surface area contributed by atoms with Crippen LogP contribution in [0.1, 0.15) is 0 Å². The Labute approximate surface area is 225 Å². The molecular formula is C26H21ClN5O4S2+. The Bertz CT molecular complexity index is 1790. The van der Waals surface area contributed by atoms with E-state index in [0.29, 0.717) is 32.4 Å². The zero-order valence-electron chi connectivity index (χ0n) is 19.6. The van der Waals surface area contributed by atoms with Crippen molar-refractivity contribution in [3.63, 3.8) is 0 Å². The molecule has 0 fully saturated rings. The number of anilines is 2. The number of nitrogens with one attached hydrogen (secondary N) is 1. The van der Waals surface area contributed by atoms with Crippen molar-refractivity contribution in [2.24, 2.45) is 4.99 Å². The van der Waals surface area contributed by atoms with Crippen molar-refractivity contribution >= 4 is 70.7 Å². The number of hydrogen-bond donors (Lipinski definition) is 4. The summed E-state index contributed by atoms with van der Waals surface area (Å²) in [5.74, 6) is -0.0248.